The first-order valence-corrected chi connectivity index (χ1v) is 7.96. The van der Waals surface area contributed by atoms with Crippen LogP contribution in [-0.2, 0) is 11.3 Å². The highest BCUT2D eigenvalue weighted by Gasteiger charge is 2.21. The predicted molar refractivity (Wildman–Crippen MR) is 85.1 cm³/mol. The Morgan fingerprint density at radius 2 is 2.14 bits per heavy atom. The van der Waals surface area contributed by atoms with Gasteiger partial charge in [0, 0.05) is 29.7 Å². The van der Waals surface area contributed by atoms with Gasteiger partial charge in [0.2, 0.25) is 0 Å². The number of carbonyl (C=O) groups is 1. The van der Waals surface area contributed by atoms with Gasteiger partial charge < -0.3 is 15.4 Å². The minimum Gasteiger partial charge on any atom is -0.482 e. The first-order chi connectivity index (χ1) is 10.1. The van der Waals surface area contributed by atoms with Crippen molar-refractivity contribution in [2.45, 2.75) is 38.8 Å². The molecule has 0 aromatic heterocycles. The molecule has 0 unspecified atom stereocenters. The predicted octanol–water partition coefficient (Wildman–Crippen LogP) is 3.15. The summed E-state index contributed by atoms with van der Waals surface area (Å²) in [7, 11) is 0. The van der Waals surface area contributed by atoms with Crippen molar-refractivity contribution >= 4 is 29.1 Å². The second-order valence-corrected chi connectivity index (χ2v) is 6.01. The monoisotopic (exact) mass is 330 g/mol. The third-order valence-electron chi connectivity index (χ3n) is 3.16. The van der Waals surface area contributed by atoms with Crippen LogP contribution >= 0.6 is 23.2 Å². The number of amides is 1. The summed E-state index contributed by atoms with van der Waals surface area (Å²) in [5, 5.41) is 7.15. The van der Waals surface area contributed by atoms with Crippen LogP contribution < -0.4 is 15.4 Å². The maximum atomic E-state index is 11.6. The molecule has 2 N–H and O–H groups in total. The Morgan fingerprint density at radius 3 is 2.81 bits per heavy atom. The fourth-order valence-electron chi connectivity index (χ4n) is 1.90. The zero-order valence-corrected chi connectivity index (χ0v) is 13.6. The molecule has 0 aliphatic heterocycles. The Bertz CT molecular complexity index is 505. The molecule has 21 heavy (non-hydrogen) atoms. The van der Waals surface area contributed by atoms with Gasteiger partial charge in [0.1, 0.15) is 5.75 Å². The number of nitrogens with one attached hydrogen (secondary N) is 2. The normalized spacial score (nSPS) is 14.0. The Morgan fingerprint density at radius 1 is 1.38 bits per heavy atom. The first kappa shape index (κ1) is 16.4. The Hall–Kier alpha value is -0.970. The van der Waals surface area contributed by atoms with E-state index < -0.39 is 0 Å². The summed E-state index contributed by atoms with van der Waals surface area (Å²) in [6.45, 7) is 3.24. The summed E-state index contributed by atoms with van der Waals surface area (Å²) >= 11 is 12.2. The van der Waals surface area contributed by atoms with Crippen LogP contribution in [0.5, 0.6) is 5.75 Å². The van der Waals surface area contributed by atoms with Crippen molar-refractivity contribution in [2.75, 3.05) is 13.2 Å². The molecule has 0 heterocycles. The first-order valence-electron chi connectivity index (χ1n) is 7.21. The number of ether oxygens (including phenoxy) is 1. The summed E-state index contributed by atoms with van der Waals surface area (Å²) in [5.74, 6) is 0.379. The van der Waals surface area contributed by atoms with Gasteiger partial charge in [-0.3, -0.25) is 4.79 Å². The highest BCUT2D eigenvalue weighted by molar-refractivity contribution is 6.35. The molecule has 2 rings (SSSR count). The second kappa shape index (κ2) is 7.87. The van der Waals surface area contributed by atoms with Crippen LogP contribution in [0, 0.1) is 0 Å². The molecule has 1 saturated carbocycles. The molecular weight excluding hydrogens is 311 g/mol. The Labute approximate surface area is 135 Å². The van der Waals surface area contributed by atoms with Gasteiger partial charge in [0.25, 0.3) is 5.91 Å². The van der Waals surface area contributed by atoms with Crippen molar-refractivity contribution in [3.05, 3.63) is 27.7 Å². The van der Waals surface area contributed by atoms with Gasteiger partial charge in [-0.1, -0.05) is 30.1 Å². The molecule has 0 bridgehead atoms. The second-order valence-electron chi connectivity index (χ2n) is 5.17. The molecule has 0 radical (unpaired) electrons. The van der Waals surface area contributed by atoms with E-state index in [1.807, 2.05) is 13.0 Å². The van der Waals surface area contributed by atoms with Crippen molar-refractivity contribution in [3.63, 3.8) is 0 Å². The molecule has 1 fully saturated rings. The highest BCUT2D eigenvalue weighted by Crippen LogP contribution is 2.33. The van der Waals surface area contributed by atoms with E-state index in [1.54, 1.807) is 6.07 Å². The van der Waals surface area contributed by atoms with Crippen molar-refractivity contribution in [2.24, 2.45) is 0 Å². The molecule has 116 valence electrons. The summed E-state index contributed by atoms with van der Waals surface area (Å²) in [4.78, 5) is 11.6. The van der Waals surface area contributed by atoms with E-state index >= 15 is 0 Å². The van der Waals surface area contributed by atoms with E-state index in [9.17, 15) is 4.79 Å². The zero-order valence-electron chi connectivity index (χ0n) is 12.0. The van der Waals surface area contributed by atoms with E-state index in [0.29, 0.717) is 34.9 Å². The fraction of sp³-hybridized carbons (Fsp3) is 0.533. The van der Waals surface area contributed by atoms with E-state index in [1.165, 1.54) is 12.8 Å². The van der Waals surface area contributed by atoms with Crippen molar-refractivity contribution < 1.29 is 9.53 Å². The van der Waals surface area contributed by atoms with Gasteiger partial charge in [-0.15, -0.1) is 0 Å². The largest absolute Gasteiger partial charge is 0.482 e. The van der Waals surface area contributed by atoms with E-state index in [-0.39, 0.29) is 12.5 Å². The standard InChI is InChI=1S/C15H20Cl2N2O2/c1-2-5-18-14(20)9-21-15-10(8-19-12-3-4-12)6-11(16)7-13(15)17/h6-7,12,19H,2-5,8-9H2,1H3,(H,18,20). The molecule has 1 amide bonds. The highest BCUT2D eigenvalue weighted by atomic mass is 35.5. The molecule has 1 aromatic rings. The van der Waals surface area contributed by atoms with Crippen LogP contribution in [0.25, 0.3) is 0 Å². The summed E-state index contributed by atoms with van der Waals surface area (Å²) in [5.41, 5.74) is 0.877. The smallest absolute Gasteiger partial charge is 0.257 e. The number of hydrogen-bond acceptors (Lipinski definition) is 3. The third-order valence-corrected chi connectivity index (χ3v) is 3.66. The summed E-state index contributed by atoms with van der Waals surface area (Å²) < 4.78 is 5.59. The van der Waals surface area contributed by atoms with Gasteiger partial charge in [0.15, 0.2) is 6.61 Å². The number of benzene rings is 1. The quantitative estimate of drug-likeness (QED) is 0.769. The van der Waals surface area contributed by atoms with Crippen molar-refractivity contribution in [3.8, 4) is 5.75 Å². The molecule has 0 atom stereocenters. The topological polar surface area (TPSA) is 50.4 Å². The zero-order chi connectivity index (χ0) is 15.2. The fourth-order valence-corrected chi connectivity index (χ4v) is 2.49. The lowest BCUT2D eigenvalue weighted by molar-refractivity contribution is -0.123. The number of hydrogen-bond donors (Lipinski definition) is 2. The SMILES string of the molecule is CCCNC(=O)COc1c(Cl)cc(Cl)cc1CNC1CC1. The Kier molecular flexibility index (Phi) is 6.15. The molecule has 1 aromatic carbocycles. The molecular formula is C15H20Cl2N2O2. The molecule has 4 nitrogen and oxygen atoms in total. The molecule has 0 spiro atoms. The Balaban J connectivity index is 1.99. The van der Waals surface area contributed by atoms with Gasteiger partial charge >= 0.3 is 0 Å². The van der Waals surface area contributed by atoms with Gasteiger partial charge in [-0.05, 0) is 31.4 Å². The molecule has 1 aliphatic carbocycles. The van der Waals surface area contributed by atoms with Gasteiger partial charge in [0.05, 0.1) is 5.02 Å². The average Bonchev–Trinajstić information content (AvgIpc) is 3.25. The van der Waals surface area contributed by atoms with E-state index in [0.717, 1.165) is 12.0 Å². The van der Waals surface area contributed by atoms with Crippen LogP contribution in [0.15, 0.2) is 12.1 Å². The van der Waals surface area contributed by atoms with E-state index in [2.05, 4.69) is 10.6 Å². The minimum absolute atomic E-state index is 0.0439. The lowest BCUT2D eigenvalue weighted by Crippen LogP contribution is -2.29. The summed E-state index contributed by atoms with van der Waals surface area (Å²) in [6.07, 6.45) is 3.29. The molecule has 0 saturated heterocycles. The molecule has 1 aliphatic rings. The lowest BCUT2D eigenvalue weighted by Gasteiger charge is -2.14. The van der Waals surface area contributed by atoms with Crippen molar-refractivity contribution in [1.29, 1.82) is 0 Å². The minimum atomic E-state index is -0.149. The van der Waals surface area contributed by atoms with Crippen LogP contribution in [0.1, 0.15) is 31.7 Å². The molecule has 6 heteroatoms. The van der Waals surface area contributed by atoms with E-state index in [4.69, 9.17) is 27.9 Å². The lowest BCUT2D eigenvalue weighted by atomic mass is 10.2. The third kappa shape index (κ3) is 5.38. The van der Waals surface area contributed by atoms with Crippen molar-refractivity contribution in [1.82, 2.24) is 10.6 Å². The van der Waals surface area contributed by atoms with Gasteiger partial charge in [-0.25, -0.2) is 0 Å². The van der Waals surface area contributed by atoms with Gasteiger partial charge in [-0.2, -0.15) is 0 Å². The van der Waals surface area contributed by atoms with Crippen LogP contribution in [0.2, 0.25) is 10.0 Å². The maximum absolute atomic E-state index is 11.6. The van der Waals surface area contributed by atoms with Crippen LogP contribution in [-0.4, -0.2) is 25.1 Å². The average molecular weight is 331 g/mol. The van der Waals surface area contributed by atoms with Crippen LogP contribution in [0.4, 0.5) is 0 Å². The maximum Gasteiger partial charge on any atom is 0.257 e. The van der Waals surface area contributed by atoms with Crippen LogP contribution in [0.3, 0.4) is 0 Å². The summed E-state index contributed by atoms with van der Waals surface area (Å²) in [6, 6.07) is 4.02. The number of rotatable bonds is 8. The number of carbonyl (C=O) groups excluding carboxylic acids is 1. The number of halogens is 2.